The van der Waals surface area contributed by atoms with Gasteiger partial charge in [0.15, 0.2) is 0 Å². The molecule has 0 heterocycles. The number of rotatable bonds is 7. The first-order valence-electron chi connectivity index (χ1n) is 5.74. The summed E-state index contributed by atoms with van der Waals surface area (Å²) in [5.41, 5.74) is 0. The SMILES string of the molecule is CCOC(=O)C(C)NCC(=O)N(CC)CC. The van der Waals surface area contributed by atoms with E-state index in [1.165, 1.54) is 0 Å². The minimum absolute atomic E-state index is 0.00106. The van der Waals surface area contributed by atoms with Gasteiger partial charge < -0.3 is 9.64 Å². The van der Waals surface area contributed by atoms with Crippen LogP contribution in [0.15, 0.2) is 0 Å². The molecule has 0 spiro atoms. The minimum Gasteiger partial charge on any atom is -0.465 e. The Bertz CT molecular complexity index is 227. The smallest absolute Gasteiger partial charge is 0.322 e. The Morgan fingerprint density at radius 2 is 1.81 bits per heavy atom. The van der Waals surface area contributed by atoms with Crippen molar-refractivity contribution in [2.24, 2.45) is 0 Å². The highest BCUT2D eigenvalue weighted by atomic mass is 16.5. The fourth-order valence-corrected chi connectivity index (χ4v) is 1.28. The molecular weight excluding hydrogens is 208 g/mol. The third-order valence-corrected chi connectivity index (χ3v) is 2.32. The van der Waals surface area contributed by atoms with Gasteiger partial charge in [-0.1, -0.05) is 0 Å². The number of hydrogen-bond acceptors (Lipinski definition) is 4. The van der Waals surface area contributed by atoms with E-state index in [-0.39, 0.29) is 18.4 Å². The normalized spacial score (nSPS) is 12.0. The van der Waals surface area contributed by atoms with E-state index in [1.54, 1.807) is 18.7 Å². The van der Waals surface area contributed by atoms with E-state index in [4.69, 9.17) is 4.74 Å². The maximum absolute atomic E-state index is 11.6. The van der Waals surface area contributed by atoms with Gasteiger partial charge in [0.05, 0.1) is 13.2 Å². The second-order valence-corrected chi connectivity index (χ2v) is 3.42. The topological polar surface area (TPSA) is 58.6 Å². The lowest BCUT2D eigenvalue weighted by molar-refractivity contribution is -0.145. The van der Waals surface area contributed by atoms with Gasteiger partial charge in [0.1, 0.15) is 6.04 Å². The lowest BCUT2D eigenvalue weighted by atomic mass is 10.3. The molecule has 1 unspecified atom stereocenters. The van der Waals surface area contributed by atoms with Gasteiger partial charge in [-0.05, 0) is 27.7 Å². The third kappa shape index (κ3) is 5.11. The zero-order valence-electron chi connectivity index (χ0n) is 10.6. The molecular formula is C11H22N2O3. The Balaban J connectivity index is 3.95. The first-order valence-corrected chi connectivity index (χ1v) is 5.74. The van der Waals surface area contributed by atoms with E-state index < -0.39 is 6.04 Å². The van der Waals surface area contributed by atoms with Crippen molar-refractivity contribution in [2.75, 3.05) is 26.2 Å². The van der Waals surface area contributed by atoms with Gasteiger partial charge in [-0.15, -0.1) is 0 Å². The molecule has 1 atom stereocenters. The Labute approximate surface area is 97.1 Å². The van der Waals surface area contributed by atoms with Crippen molar-refractivity contribution in [3.63, 3.8) is 0 Å². The number of hydrogen-bond donors (Lipinski definition) is 1. The molecule has 0 fully saturated rings. The van der Waals surface area contributed by atoms with Crippen LogP contribution in [0.25, 0.3) is 0 Å². The van der Waals surface area contributed by atoms with Crippen molar-refractivity contribution >= 4 is 11.9 Å². The lowest BCUT2D eigenvalue weighted by Gasteiger charge is -2.20. The van der Waals surface area contributed by atoms with Crippen molar-refractivity contribution in [3.05, 3.63) is 0 Å². The molecule has 1 N–H and O–H groups in total. The van der Waals surface area contributed by atoms with Gasteiger partial charge in [0.25, 0.3) is 0 Å². The number of nitrogens with zero attached hydrogens (tertiary/aromatic N) is 1. The predicted molar refractivity (Wildman–Crippen MR) is 62.0 cm³/mol. The van der Waals surface area contributed by atoms with Gasteiger partial charge in [-0.25, -0.2) is 0 Å². The van der Waals surface area contributed by atoms with E-state index in [1.807, 2.05) is 13.8 Å². The van der Waals surface area contributed by atoms with Crippen molar-refractivity contribution in [1.82, 2.24) is 10.2 Å². The Morgan fingerprint density at radius 3 is 2.25 bits per heavy atom. The summed E-state index contributed by atoms with van der Waals surface area (Å²) in [6.07, 6.45) is 0. The molecule has 0 aliphatic rings. The van der Waals surface area contributed by atoms with Gasteiger partial charge in [0, 0.05) is 13.1 Å². The van der Waals surface area contributed by atoms with Crippen molar-refractivity contribution < 1.29 is 14.3 Å². The van der Waals surface area contributed by atoms with Crippen LogP contribution >= 0.6 is 0 Å². The lowest BCUT2D eigenvalue weighted by Crippen LogP contribution is -2.43. The van der Waals surface area contributed by atoms with Crippen LogP contribution in [0.1, 0.15) is 27.7 Å². The molecule has 0 aliphatic heterocycles. The maximum atomic E-state index is 11.6. The summed E-state index contributed by atoms with van der Waals surface area (Å²) in [7, 11) is 0. The molecule has 0 saturated heterocycles. The van der Waals surface area contributed by atoms with Crippen molar-refractivity contribution in [1.29, 1.82) is 0 Å². The average Bonchev–Trinajstić information content (AvgIpc) is 2.27. The molecule has 0 rings (SSSR count). The van der Waals surface area contributed by atoms with E-state index >= 15 is 0 Å². The van der Waals surface area contributed by atoms with E-state index in [0.717, 1.165) is 0 Å². The third-order valence-electron chi connectivity index (χ3n) is 2.32. The number of ether oxygens (including phenoxy) is 1. The quantitative estimate of drug-likeness (QED) is 0.643. The predicted octanol–water partition coefficient (Wildman–Crippen LogP) is 0.396. The summed E-state index contributed by atoms with van der Waals surface area (Å²) < 4.78 is 4.82. The second kappa shape index (κ2) is 8.10. The zero-order chi connectivity index (χ0) is 12.6. The second-order valence-electron chi connectivity index (χ2n) is 3.42. The molecule has 1 amide bonds. The van der Waals surface area contributed by atoms with Crippen LogP contribution in [-0.4, -0.2) is 49.1 Å². The summed E-state index contributed by atoms with van der Waals surface area (Å²) >= 11 is 0. The summed E-state index contributed by atoms with van der Waals surface area (Å²) in [6.45, 7) is 9.19. The molecule has 0 aliphatic carbocycles. The summed E-state index contributed by atoms with van der Waals surface area (Å²) in [6, 6.07) is -0.445. The van der Waals surface area contributed by atoms with Crippen LogP contribution in [0.3, 0.4) is 0 Å². The summed E-state index contributed by atoms with van der Waals surface area (Å²) in [4.78, 5) is 24.6. The van der Waals surface area contributed by atoms with E-state index in [9.17, 15) is 9.59 Å². The molecule has 0 radical (unpaired) electrons. The number of nitrogens with one attached hydrogen (secondary N) is 1. The highest BCUT2D eigenvalue weighted by Crippen LogP contribution is 1.91. The minimum atomic E-state index is -0.445. The van der Waals surface area contributed by atoms with Crippen LogP contribution < -0.4 is 5.32 Å². The Kier molecular flexibility index (Phi) is 7.54. The molecule has 0 aromatic heterocycles. The fourth-order valence-electron chi connectivity index (χ4n) is 1.28. The standard InChI is InChI=1S/C11H22N2O3/c1-5-13(6-2)10(14)8-12-9(4)11(15)16-7-3/h9,12H,5-8H2,1-4H3. The number of likely N-dealkylation sites (N-methyl/N-ethyl adjacent to an activating group) is 1. The molecule has 5 heteroatoms. The van der Waals surface area contributed by atoms with Gasteiger partial charge in [-0.2, -0.15) is 0 Å². The van der Waals surface area contributed by atoms with Gasteiger partial charge in [-0.3, -0.25) is 14.9 Å². The molecule has 16 heavy (non-hydrogen) atoms. The number of esters is 1. The average molecular weight is 230 g/mol. The molecule has 0 aromatic carbocycles. The molecule has 94 valence electrons. The van der Waals surface area contributed by atoms with Crippen molar-refractivity contribution in [2.45, 2.75) is 33.7 Å². The summed E-state index contributed by atoms with van der Waals surface area (Å²) in [5, 5.41) is 2.85. The van der Waals surface area contributed by atoms with E-state index in [2.05, 4.69) is 5.32 Å². The first kappa shape index (κ1) is 14.9. The largest absolute Gasteiger partial charge is 0.465 e. The van der Waals surface area contributed by atoms with Crippen LogP contribution in [0.5, 0.6) is 0 Å². The van der Waals surface area contributed by atoms with Crippen LogP contribution in [0.4, 0.5) is 0 Å². The van der Waals surface area contributed by atoms with Crippen molar-refractivity contribution in [3.8, 4) is 0 Å². The fraction of sp³-hybridized carbons (Fsp3) is 0.818. The maximum Gasteiger partial charge on any atom is 0.322 e. The van der Waals surface area contributed by atoms with Crippen LogP contribution in [-0.2, 0) is 14.3 Å². The van der Waals surface area contributed by atoms with Gasteiger partial charge >= 0.3 is 5.97 Å². The zero-order valence-corrected chi connectivity index (χ0v) is 10.6. The van der Waals surface area contributed by atoms with Crippen LogP contribution in [0, 0.1) is 0 Å². The summed E-state index contributed by atoms with van der Waals surface area (Å²) in [5.74, 6) is -0.323. The highest BCUT2D eigenvalue weighted by molar-refractivity contribution is 5.80. The monoisotopic (exact) mass is 230 g/mol. The molecule has 5 nitrogen and oxygen atoms in total. The highest BCUT2D eigenvalue weighted by Gasteiger charge is 2.16. The number of carbonyl (C=O) groups excluding carboxylic acids is 2. The molecule has 0 saturated carbocycles. The first-order chi connectivity index (χ1) is 7.56. The molecule has 0 bridgehead atoms. The van der Waals surface area contributed by atoms with Crippen LogP contribution in [0.2, 0.25) is 0 Å². The Hall–Kier alpha value is -1.10. The van der Waals surface area contributed by atoms with E-state index in [0.29, 0.717) is 19.7 Å². The Morgan fingerprint density at radius 1 is 1.25 bits per heavy atom. The number of amides is 1. The number of carbonyl (C=O) groups is 2. The van der Waals surface area contributed by atoms with Gasteiger partial charge in [0.2, 0.25) is 5.91 Å². The molecule has 0 aromatic rings.